The Morgan fingerprint density at radius 1 is 1.25 bits per heavy atom. The number of nitrogens with zero attached hydrogens (tertiary/aromatic N) is 3. The number of rotatable bonds is 3. The standard InChI is InChI=1S/C13H21N3O3S/c1-10-12(11(2)15(3)14-10)4-5-13(17)16-6-8-20(18,19)9-7-16/h4-9H2,1-3H3. The second kappa shape index (κ2) is 5.55. The Bertz CT molecular complexity index is 605. The largest absolute Gasteiger partial charge is 0.341 e. The van der Waals surface area contributed by atoms with Gasteiger partial charge in [-0.3, -0.25) is 9.48 Å². The number of aryl methyl sites for hydroxylation is 2. The fourth-order valence-corrected chi connectivity index (χ4v) is 3.73. The fraction of sp³-hybridized carbons (Fsp3) is 0.692. The molecule has 112 valence electrons. The minimum Gasteiger partial charge on any atom is -0.341 e. The predicted octanol–water partition coefficient (Wildman–Crippen LogP) is 0.227. The Balaban J connectivity index is 1.93. The topological polar surface area (TPSA) is 72.3 Å². The van der Waals surface area contributed by atoms with Crippen LogP contribution in [0, 0.1) is 13.8 Å². The lowest BCUT2D eigenvalue weighted by molar-refractivity contribution is -0.130. The van der Waals surface area contributed by atoms with E-state index >= 15 is 0 Å². The summed E-state index contributed by atoms with van der Waals surface area (Å²) in [5, 5.41) is 4.33. The summed E-state index contributed by atoms with van der Waals surface area (Å²) < 4.78 is 24.5. The average molecular weight is 299 g/mol. The lowest BCUT2D eigenvalue weighted by Crippen LogP contribution is -2.43. The van der Waals surface area contributed by atoms with Crippen LogP contribution >= 0.6 is 0 Å². The molecule has 2 heterocycles. The molecular formula is C13H21N3O3S. The van der Waals surface area contributed by atoms with Gasteiger partial charge in [-0.2, -0.15) is 5.10 Å². The van der Waals surface area contributed by atoms with Crippen LogP contribution in [0.4, 0.5) is 0 Å². The second-order valence-corrected chi connectivity index (χ2v) is 7.61. The highest BCUT2D eigenvalue weighted by Crippen LogP contribution is 2.15. The van der Waals surface area contributed by atoms with Gasteiger partial charge in [-0.05, 0) is 25.8 Å². The number of hydrogen-bond donors (Lipinski definition) is 0. The molecular weight excluding hydrogens is 278 g/mol. The monoisotopic (exact) mass is 299 g/mol. The molecule has 0 atom stereocenters. The van der Waals surface area contributed by atoms with Gasteiger partial charge in [-0.1, -0.05) is 0 Å². The number of amides is 1. The van der Waals surface area contributed by atoms with Gasteiger partial charge in [-0.25, -0.2) is 8.42 Å². The highest BCUT2D eigenvalue weighted by Gasteiger charge is 2.25. The summed E-state index contributed by atoms with van der Waals surface area (Å²) in [5.41, 5.74) is 3.15. The first-order valence-corrected chi connectivity index (χ1v) is 8.59. The van der Waals surface area contributed by atoms with E-state index < -0.39 is 9.84 Å². The van der Waals surface area contributed by atoms with Crippen LogP contribution in [0.15, 0.2) is 0 Å². The molecule has 2 rings (SSSR count). The Hall–Kier alpha value is -1.37. The third-order valence-corrected chi connectivity index (χ3v) is 5.55. The quantitative estimate of drug-likeness (QED) is 0.801. The van der Waals surface area contributed by atoms with Crippen molar-refractivity contribution in [3.63, 3.8) is 0 Å². The molecule has 1 aromatic heterocycles. The maximum Gasteiger partial charge on any atom is 0.222 e. The van der Waals surface area contributed by atoms with Crippen molar-refractivity contribution in [2.45, 2.75) is 26.7 Å². The van der Waals surface area contributed by atoms with E-state index in [1.165, 1.54) is 0 Å². The van der Waals surface area contributed by atoms with Crippen LogP contribution in [0.2, 0.25) is 0 Å². The maximum absolute atomic E-state index is 12.1. The molecule has 1 amide bonds. The van der Waals surface area contributed by atoms with Gasteiger partial charge in [0.2, 0.25) is 5.91 Å². The van der Waals surface area contributed by atoms with Crippen molar-refractivity contribution in [3.05, 3.63) is 17.0 Å². The molecule has 0 unspecified atom stereocenters. The maximum atomic E-state index is 12.1. The smallest absolute Gasteiger partial charge is 0.222 e. The number of carbonyl (C=O) groups excluding carboxylic acids is 1. The number of aromatic nitrogens is 2. The summed E-state index contributed by atoms with van der Waals surface area (Å²) in [6, 6.07) is 0. The summed E-state index contributed by atoms with van der Waals surface area (Å²) in [7, 11) is -1.04. The van der Waals surface area contributed by atoms with Crippen LogP contribution < -0.4 is 0 Å². The van der Waals surface area contributed by atoms with Crippen molar-refractivity contribution >= 4 is 15.7 Å². The molecule has 0 aliphatic carbocycles. The van der Waals surface area contributed by atoms with E-state index in [0.717, 1.165) is 17.0 Å². The van der Waals surface area contributed by atoms with E-state index in [1.54, 1.807) is 4.90 Å². The Kier molecular flexibility index (Phi) is 4.17. The van der Waals surface area contributed by atoms with Crippen molar-refractivity contribution in [3.8, 4) is 0 Å². The van der Waals surface area contributed by atoms with Crippen molar-refractivity contribution < 1.29 is 13.2 Å². The van der Waals surface area contributed by atoms with Crippen molar-refractivity contribution in [2.24, 2.45) is 7.05 Å². The van der Waals surface area contributed by atoms with E-state index in [9.17, 15) is 13.2 Å². The zero-order chi connectivity index (χ0) is 14.9. The highest BCUT2D eigenvalue weighted by molar-refractivity contribution is 7.91. The third-order valence-electron chi connectivity index (χ3n) is 3.94. The number of sulfone groups is 1. The van der Waals surface area contributed by atoms with E-state index in [0.29, 0.717) is 25.9 Å². The molecule has 0 saturated carbocycles. The summed E-state index contributed by atoms with van der Waals surface area (Å²) in [4.78, 5) is 13.8. The third kappa shape index (κ3) is 3.20. The first-order valence-electron chi connectivity index (χ1n) is 6.77. The van der Waals surface area contributed by atoms with Crippen molar-refractivity contribution in [2.75, 3.05) is 24.6 Å². The van der Waals surface area contributed by atoms with Gasteiger partial charge in [0.15, 0.2) is 9.84 Å². The molecule has 0 bridgehead atoms. The van der Waals surface area contributed by atoms with E-state index in [2.05, 4.69) is 5.10 Å². The second-order valence-electron chi connectivity index (χ2n) is 5.31. The molecule has 0 radical (unpaired) electrons. The molecule has 7 heteroatoms. The van der Waals surface area contributed by atoms with E-state index in [1.807, 2.05) is 25.6 Å². The van der Waals surface area contributed by atoms with Gasteiger partial charge in [0.25, 0.3) is 0 Å². The number of hydrogen-bond acceptors (Lipinski definition) is 4. The summed E-state index contributed by atoms with van der Waals surface area (Å²) in [5.74, 6) is 0.204. The molecule has 6 nitrogen and oxygen atoms in total. The van der Waals surface area contributed by atoms with Crippen LogP contribution in [0.25, 0.3) is 0 Å². The van der Waals surface area contributed by atoms with Gasteiger partial charge in [0.05, 0.1) is 17.2 Å². The Labute approximate surface area is 119 Å². The molecule has 0 aromatic carbocycles. The zero-order valence-electron chi connectivity index (χ0n) is 12.2. The first-order chi connectivity index (χ1) is 9.30. The van der Waals surface area contributed by atoms with Gasteiger partial charge >= 0.3 is 0 Å². The average Bonchev–Trinajstić information content (AvgIpc) is 2.61. The molecule has 1 aliphatic rings. The van der Waals surface area contributed by atoms with Crippen LogP contribution in [-0.4, -0.2) is 53.6 Å². The Morgan fingerprint density at radius 2 is 1.85 bits per heavy atom. The lowest BCUT2D eigenvalue weighted by Gasteiger charge is -2.26. The molecule has 1 fully saturated rings. The summed E-state index contributed by atoms with van der Waals surface area (Å²) in [6.07, 6.45) is 1.07. The van der Waals surface area contributed by atoms with Crippen LogP contribution in [0.1, 0.15) is 23.4 Å². The highest BCUT2D eigenvalue weighted by atomic mass is 32.2. The first kappa shape index (κ1) is 15.0. The number of carbonyl (C=O) groups is 1. The SMILES string of the molecule is Cc1nn(C)c(C)c1CCC(=O)N1CCS(=O)(=O)CC1. The van der Waals surface area contributed by atoms with Crippen molar-refractivity contribution in [1.82, 2.24) is 14.7 Å². The zero-order valence-corrected chi connectivity index (χ0v) is 13.0. The lowest BCUT2D eigenvalue weighted by atomic mass is 10.1. The predicted molar refractivity (Wildman–Crippen MR) is 76.2 cm³/mol. The van der Waals surface area contributed by atoms with Crippen molar-refractivity contribution in [1.29, 1.82) is 0 Å². The van der Waals surface area contributed by atoms with E-state index in [-0.39, 0.29) is 17.4 Å². The van der Waals surface area contributed by atoms with Gasteiger partial charge in [0.1, 0.15) is 0 Å². The molecule has 1 aliphatic heterocycles. The van der Waals surface area contributed by atoms with E-state index in [4.69, 9.17) is 0 Å². The fourth-order valence-electron chi connectivity index (χ4n) is 2.53. The van der Waals surface area contributed by atoms with Crippen LogP contribution in [-0.2, 0) is 28.1 Å². The minimum absolute atomic E-state index is 0.0301. The van der Waals surface area contributed by atoms with Crippen LogP contribution in [0.5, 0.6) is 0 Å². The molecule has 0 spiro atoms. The molecule has 1 aromatic rings. The molecule has 0 N–H and O–H groups in total. The van der Waals surface area contributed by atoms with Crippen LogP contribution in [0.3, 0.4) is 0 Å². The Morgan fingerprint density at radius 3 is 2.35 bits per heavy atom. The molecule has 20 heavy (non-hydrogen) atoms. The van der Waals surface area contributed by atoms with Gasteiger partial charge in [0, 0.05) is 32.3 Å². The summed E-state index contributed by atoms with van der Waals surface area (Å²) >= 11 is 0. The molecule has 1 saturated heterocycles. The summed E-state index contributed by atoms with van der Waals surface area (Å²) in [6.45, 7) is 4.59. The van der Waals surface area contributed by atoms with Gasteiger partial charge < -0.3 is 4.90 Å². The normalized spacial score (nSPS) is 18.2. The minimum atomic E-state index is -2.93. The van der Waals surface area contributed by atoms with Gasteiger partial charge in [-0.15, -0.1) is 0 Å².